The Bertz CT molecular complexity index is 527. The molecule has 7 heteroatoms. The normalized spacial score (nSPS) is 10.2. The van der Waals surface area contributed by atoms with Crippen LogP contribution in [0.2, 0.25) is 0 Å². The molecule has 0 atom stereocenters. The summed E-state index contributed by atoms with van der Waals surface area (Å²) in [5.74, 6) is -0.157. The van der Waals surface area contributed by atoms with Crippen LogP contribution in [0.5, 0.6) is 0 Å². The summed E-state index contributed by atoms with van der Waals surface area (Å²) in [6.07, 6.45) is 3.27. The highest BCUT2D eigenvalue weighted by molar-refractivity contribution is 5.51. The van der Waals surface area contributed by atoms with Crippen LogP contribution < -0.4 is 5.32 Å². The van der Waals surface area contributed by atoms with Gasteiger partial charge >= 0.3 is 5.69 Å². The van der Waals surface area contributed by atoms with Gasteiger partial charge in [-0.3, -0.25) is 10.1 Å². The molecule has 0 saturated carbocycles. The van der Waals surface area contributed by atoms with E-state index < -0.39 is 16.4 Å². The molecule has 1 aromatic carbocycles. The predicted molar refractivity (Wildman–Crippen MR) is 59.0 cm³/mol. The number of halogens is 1. The van der Waals surface area contributed by atoms with E-state index in [9.17, 15) is 14.5 Å². The molecule has 2 rings (SSSR count). The van der Waals surface area contributed by atoms with E-state index in [1.165, 1.54) is 6.07 Å². The van der Waals surface area contributed by atoms with Crippen LogP contribution in [0.1, 0.15) is 5.82 Å². The number of hydrogen-bond donors (Lipinski definition) is 2. The van der Waals surface area contributed by atoms with Gasteiger partial charge in [-0.05, 0) is 12.1 Å². The van der Waals surface area contributed by atoms with Crippen molar-refractivity contribution in [1.82, 2.24) is 9.97 Å². The quantitative estimate of drug-likeness (QED) is 0.628. The second-order valence-electron chi connectivity index (χ2n) is 3.31. The first-order chi connectivity index (χ1) is 8.16. The third-order valence-electron chi connectivity index (χ3n) is 2.16. The van der Waals surface area contributed by atoms with Crippen LogP contribution >= 0.6 is 0 Å². The SMILES string of the molecule is O=[N+]([O-])c1cc(NCc2ncc[nH]2)ccc1F. The number of imidazole rings is 1. The van der Waals surface area contributed by atoms with E-state index in [1.54, 1.807) is 12.4 Å². The van der Waals surface area contributed by atoms with Gasteiger partial charge in [0.2, 0.25) is 5.82 Å². The fraction of sp³-hybridized carbons (Fsp3) is 0.100. The molecule has 0 saturated heterocycles. The number of H-pyrrole nitrogens is 1. The first-order valence-corrected chi connectivity index (χ1v) is 4.83. The van der Waals surface area contributed by atoms with Crippen molar-refractivity contribution in [1.29, 1.82) is 0 Å². The van der Waals surface area contributed by atoms with E-state index in [1.807, 2.05) is 0 Å². The van der Waals surface area contributed by atoms with E-state index in [4.69, 9.17) is 0 Å². The van der Waals surface area contributed by atoms with Crippen molar-refractivity contribution in [3.63, 3.8) is 0 Å². The lowest BCUT2D eigenvalue weighted by Gasteiger charge is -2.04. The Morgan fingerprint density at radius 1 is 1.53 bits per heavy atom. The van der Waals surface area contributed by atoms with Crippen LogP contribution in [-0.4, -0.2) is 14.9 Å². The first-order valence-electron chi connectivity index (χ1n) is 4.83. The molecule has 2 N–H and O–H groups in total. The molecule has 88 valence electrons. The number of rotatable bonds is 4. The number of anilines is 1. The summed E-state index contributed by atoms with van der Waals surface area (Å²) >= 11 is 0. The number of nitro benzene ring substituents is 1. The standard InChI is InChI=1S/C10H9FN4O2/c11-8-2-1-7(5-9(8)15(16)17)14-6-10-12-3-4-13-10/h1-5,14H,6H2,(H,12,13). The van der Waals surface area contributed by atoms with Crippen LogP contribution in [0.3, 0.4) is 0 Å². The Morgan fingerprint density at radius 2 is 2.35 bits per heavy atom. The summed E-state index contributed by atoms with van der Waals surface area (Å²) in [5, 5.41) is 13.4. The Hall–Kier alpha value is -2.44. The first kappa shape index (κ1) is 11.1. The van der Waals surface area contributed by atoms with Crippen LogP contribution in [-0.2, 0) is 6.54 Å². The van der Waals surface area contributed by atoms with Gasteiger partial charge in [-0.15, -0.1) is 0 Å². The lowest BCUT2D eigenvalue weighted by Crippen LogP contribution is -2.02. The smallest absolute Gasteiger partial charge is 0.306 e. The molecule has 1 aromatic heterocycles. The second kappa shape index (κ2) is 4.60. The fourth-order valence-corrected chi connectivity index (χ4v) is 1.34. The highest BCUT2D eigenvalue weighted by atomic mass is 19.1. The van der Waals surface area contributed by atoms with E-state index in [0.717, 1.165) is 12.1 Å². The van der Waals surface area contributed by atoms with E-state index in [-0.39, 0.29) is 0 Å². The molecule has 0 amide bonds. The van der Waals surface area contributed by atoms with Crippen LogP contribution in [0, 0.1) is 15.9 Å². The zero-order valence-corrected chi connectivity index (χ0v) is 8.68. The molecule has 0 aliphatic carbocycles. The van der Waals surface area contributed by atoms with Gasteiger partial charge in [0.05, 0.1) is 11.5 Å². The monoisotopic (exact) mass is 236 g/mol. The van der Waals surface area contributed by atoms with Crippen molar-refractivity contribution in [2.45, 2.75) is 6.54 Å². The average molecular weight is 236 g/mol. The van der Waals surface area contributed by atoms with Gasteiger partial charge in [-0.25, -0.2) is 4.98 Å². The van der Waals surface area contributed by atoms with Gasteiger partial charge < -0.3 is 10.3 Å². The number of aromatic amines is 1. The van der Waals surface area contributed by atoms with Crippen LogP contribution in [0.15, 0.2) is 30.6 Å². The topological polar surface area (TPSA) is 83.8 Å². The summed E-state index contributed by atoms with van der Waals surface area (Å²) in [6.45, 7) is 0.385. The highest BCUT2D eigenvalue weighted by Crippen LogP contribution is 2.21. The minimum absolute atomic E-state index is 0.385. The lowest BCUT2D eigenvalue weighted by molar-refractivity contribution is -0.387. The van der Waals surface area contributed by atoms with Crippen molar-refractivity contribution in [3.05, 3.63) is 52.3 Å². The lowest BCUT2D eigenvalue weighted by atomic mass is 10.2. The van der Waals surface area contributed by atoms with Crippen molar-refractivity contribution in [2.24, 2.45) is 0 Å². The molecule has 6 nitrogen and oxygen atoms in total. The minimum Gasteiger partial charge on any atom is -0.378 e. The molecule has 0 unspecified atom stereocenters. The summed E-state index contributed by atoms with van der Waals surface area (Å²) in [5.41, 5.74) is -0.0797. The van der Waals surface area contributed by atoms with E-state index in [2.05, 4.69) is 15.3 Å². The molecule has 0 bridgehead atoms. The maximum absolute atomic E-state index is 13.0. The van der Waals surface area contributed by atoms with Gasteiger partial charge in [-0.2, -0.15) is 4.39 Å². The summed E-state index contributed by atoms with van der Waals surface area (Å²) in [4.78, 5) is 16.6. The van der Waals surface area contributed by atoms with Crippen molar-refractivity contribution in [2.75, 3.05) is 5.32 Å². The molecule has 0 spiro atoms. The maximum atomic E-state index is 13.0. The largest absolute Gasteiger partial charge is 0.378 e. The number of benzene rings is 1. The van der Waals surface area contributed by atoms with E-state index in [0.29, 0.717) is 18.1 Å². The van der Waals surface area contributed by atoms with Crippen LogP contribution in [0.25, 0.3) is 0 Å². The van der Waals surface area contributed by atoms with Gasteiger partial charge in [-0.1, -0.05) is 0 Å². The molecule has 0 fully saturated rings. The zero-order valence-electron chi connectivity index (χ0n) is 8.68. The molecule has 0 aliphatic heterocycles. The molecule has 17 heavy (non-hydrogen) atoms. The summed E-state index contributed by atoms with van der Waals surface area (Å²) < 4.78 is 13.0. The van der Waals surface area contributed by atoms with Crippen molar-refractivity contribution < 1.29 is 9.31 Å². The third kappa shape index (κ3) is 2.57. The van der Waals surface area contributed by atoms with Gasteiger partial charge in [0.15, 0.2) is 0 Å². The number of nitrogens with zero attached hydrogens (tertiary/aromatic N) is 2. The Morgan fingerprint density at radius 3 is 3.00 bits per heavy atom. The molecular formula is C10H9FN4O2. The van der Waals surface area contributed by atoms with Crippen LogP contribution in [0.4, 0.5) is 15.8 Å². The molecular weight excluding hydrogens is 227 g/mol. The average Bonchev–Trinajstić information content (AvgIpc) is 2.80. The number of hydrogen-bond acceptors (Lipinski definition) is 4. The maximum Gasteiger partial charge on any atom is 0.306 e. The number of nitrogens with one attached hydrogen (secondary N) is 2. The van der Waals surface area contributed by atoms with Gasteiger partial charge in [0.1, 0.15) is 5.82 Å². The van der Waals surface area contributed by atoms with E-state index >= 15 is 0 Å². The molecule has 0 aliphatic rings. The van der Waals surface area contributed by atoms with Crippen molar-refractivity contribution in [3.8, 4) is 0 Å². The highest BCUT2D eigenvalue weighted by Gasteiger charge is 2.14. The van der Waals surface area contributed by atoms with Crippen molar-refractivity contribution >= 4 is 11.4 Å². The fourth-order valence-electron chi connectivity index (χ4n) is 1.34. The molecule has 1 heterocycles. The number of aromatic nitrogens is 2. The minimum atomic E-state index is -0.849. The molecule has 2 aromatic rings. The summed E-state index contributed by atoms with van der Waals surface area (Å²) in [7, 11) is 0. The van der Waals surface area contributed by atoms with Gasteiger partial charge in [0, 0.05) is 24.1 Å². The Balaban J connectivity index is 2.11. The summed E-state index contributed by atoms with van der Waals surface area (Å²) in [6, 6.07) is 3.64. The van der Waals surface area contributed by atoms with Gasteiger partial charge in [0.25, 0.3) is 0 Å². The zero-order chi connectivity index (χ0) is 12.3. The second-order valence-corrected chi connectivity index (χ2v) is 3.31. The third-order valence-corrected chi connectivity index (χ3v) is 2.16. The Kier molecular flexibility index (Phi) is 2.99. The Labute approximate surface area is 95.7 Å². The molecule has 0 radical (unpaired) electrons. The predicted octanol–water partition coefficient (Wildman–Crippen LogP) is 2.07. The number of nitro groups is 1.